The number of quaternary nitrogens is 1. The van der Waals surface area contributed by atoms with Crippen molar-refractivity contribution in [3.8, 4) is 0 Å². The molecule has 1 heterocycles. The Kier molecular flexibility index (Phi) is 4.51. The SMILES string of the molecule is C[N+]1(C(=O)CCCCO)CCOCC1. The summed E-state index contributed by atoms with van der Waals surface area (Å²) in [6.45, 7) is 3.13. The molecule has 0 aromatic rings. The van der Waals surface area contributed by atoms with Crippen molar-refractivity contribution in [2.75, 3.05) is 40.0 Å². The molecule has 1 aliphatic heterocycles. The molecule has 1 aliphatic rings. The third kappa shape index (κ3) is 3.04. The Morgan fingerprint density at radius 1 is 1.36 bits per heavy atom. The van der Waals surface area contributed by atoms with E-state index in [1.165, 1.54) is 0 Å². The summed E-state index contributed by atoms with van der Waals surface area (Å²) in [5, 5.41) is 8.62. The van der Waals surface area contributed by atoms with E-state index >= 15 is 0 Å². The van der Waals surface area contributed by atoms with E-state index in [-0.39, 0.29) is 12.5 Å². The molecule has 1 rings (SSSR count). The zero-order valence-electron chi connectivity index (χ0n) is 8.87. The van der Waals surface area contributed by atoms with Crippen LogP contribution in [0.5, 0.6) is 0 Å². The number of ether oxygens (including phenoxy) is 1. The lowest BCUT2D eigenvalue weighted by Crippen LogP contribution is -2.55. The summed E-state index contributed by atoms with van der Waals surface area (Å²) in [5.41, 5.74) is 0. The highest BCUT2D eigenvalue weighted by Crippen LogP contribution is 2.12. The van der Waals surface area contributed by atoms with Crippen molar-refractivity contribution in [2.45, 2.75) is 19.3 Å². The first-order chi connectivity index (χ1) is 6.69. The van der Waals surface area contributed by atoms with Gasteiger partial charge in [-0.3, -0.25) is 4.48 Å². The van der Waals surface area contributed by atoms with Crippen molar-refractivity contribution >= 4 is 5.91 Å². The van der Waals surface area contributed by atoms with E-state index in [0.717, 1.165) is 25.9 Å². The van der Waals surface area contributed by atoms with Crippen LogP contribution in [0.3, 0.4) is 0 Å². The van der Waals surface area contributed by atoms with Crippen LogP contribution in [-0.4, -0.2) is 55.5 Å². The summed E-state index contributed by atoms with van der Waals surface area (Å²) in [6, 6.07) is 0. The molecule has 4 nitrogen and oxygen atoms in total. The predicted octanol–water partition coefficient (Wildman–Crippen LogP) is 0.152. The predicted molar refractivity (Wildman–Crippen MR) is 52.7 cm³/mol. The number of nitrogens with zero attached hydrogens (tertiary/aromatic N) is 1. The summed E-state index contributed by atoms with van der Waals surface area (Å²) in [5.74, 6) is 0.279. The topological polar surface area (TPSA) is 46.5 Å². The monoisotopic (exact) mass is 202 g/mol. The highest BCUT2D eigenvalue weighted by Gasteiger charge is 2.32. The van der Waals surface area contributed by atoms with E-state index < -0.39 is 0 Å². The molecule has 82 valence electrons. The number of aliphatic hydroxyl groups excluding tert-OH is 1. The Morgan fingerprint density at radius 2 is 2.00 bits per heavy atom. The molecule has 4 heteroatoms. The van der Waals surface area contributed by atoms with E-state index in [1.807, 2.05) is 7.05 Å². The number of carbonyl (C=O) groups is 1. The summed E-state index contributed by atoms with van der Waals surface area (Å²) in [4.78, 5) is 11.8. The van der Waals surface area contributed by atoms with Gasteiger partial charge in [0.1, 0.15) is 13.1 Å². The molecule has 0 radical (unpaired) electrons. The highest BCUT2D eigenvalue weighted by atomic mass is 16.5. The van der Waals surface area contributed by atoms with Crippen LogP contribution >= 0.6 is 0 Å². The second-order valence-electron chi connectivity index (χ2n) is 4.03. The molecule has 1 amide bonds. The molecule has 0 atom stereocenters. The van der Waals surface area contributed by atoms with Gasteiger partial charge in [-0.25, -0.2) is 4.79 Å². The lowest BCUT2D eigenvalue weighted by molar-refractivity contribution is -0.843. The summed E-state index contributed by atoms with van der Waals surface area (Å²) < 4.78 is 5.74. The number of unbranched alkanes of at least 4 members (excludes halogenated alkanes) is 1. The van der Waals surface area contributed by atoms with Gasteiger partial charge in [0.05, 0.1) is 26.7 Å². The zero-order chi connectivity index (χ0) is 10.4. The van der Waals surface area contributed by atoms with Gasteiger partial charge < -0.3 is 9.84 Å². The van der Waals surface area contributed by atoms with Crippen molar-refractivity contribution in [3.63, 3.8) is 0 Å². The van der Waals surface area contributed by atoms with Gasteiger partial charge >= 0.3 is 5.91 Å². The van der Waals surface area contributed by atoms with Gasteiger partial charge in [-0.05, 0) is 12.8 Å². The maximum Gasteiger partial charge on any atom is 0.313 e. The lowest BCUT2D eigenvalue weighted by atomic mass is 10.2. The van der Waals surface area contributed by atoms with Gasteiger partial charge in [-0.1, -0.05) is 0 Å². The largest absolute Gasteiger partial charge is 0.396 e. The van der Waals surface area contributed by atoms with Gasteiger partial charge in [0.15, 0.2) is 0 Å². The van der Waals surface area contributed by atoms with Gasteiger partial charge in [-0.2, -0.15) is 0 Å². The van der Waals surface area contributed by atoms with Crippen LogP contribution in [0, 0.1) is 0 Å². The number of rotatable bonds is 4. The minimum atomic E-state index is 0.181. The maximum atomic E-state index is 11.8. The first-order valence-electron chi connectivity index (χ1n) is 5.25. The average Bonchev–Trinajstić information content (AvgIpc) is 2.19. The molecule has 0 unspecified atom stereocenters. The molecular weight excluding hydrogens is 182 g/mol. The van der Waals surface area contributed by atoms with Gasteiger partial charge in [0.2, 0.25) is 0 Å². The fraction of sp³-hybridized carbons (Fsp3) is 0.900. The normalized spacial score (nSPS) is 20.7. The maximum absolute atomic E-state index is 11.8. The molecule has 0 bridgehead atoms. The van der Waals surface area contributed by atoms with Crippen molar-refractivity contribution in [1.29, 1.82) is 0 Å². The van der Waals surface area contributed by atoms with E-state index in [9.17, 15) is 4.79 Å². The van der Waals surface area contributed by atoms with Crippen LogP contribution in [0.15, 0.2) is 0 Å². The minimum absolute atomic E-state index is 0.181. The summed E-state index contributed by atoms with van der Waals surface area (Å²) in [6.07, 6.45) is 2.10. The number of likely N-dealkylation sites (N-methyl/N-ethyl adjacent to an activating group) is 1. The smallest absolute Gasteiger partial charge is 0.313 e. The van der Waals surface area contributed by atoms with E-state index in [1.54, 1.807) is 0 Å². The Balaban J connectivity index is 2.33. The first-order valence-corrected chi connectivity index (χ1v) is 5.25. The number of morpholine rings is 1. The Labute approximate surface area is 85.1 Å². The molecule has 0 aromatic carbocycles. The van der Waals surface area contributed by atoms with Crippen molar-refractivity contribution in [1.82, 2.24) is 0 Å². The minimum Gasteiger partial charge on any atom is -0.396 e. The number of hydrogen-bond acceptors (Lipinski definition) is 3. The summed E-state index contributed by atoms with van der Waals surface area (Å²) in [7, 11) is 1.98. The zero-order valence-corrected chi connectivity index (χ0v) is 8.87. The Hall–Kier alpha value is -0.450. The Bertz CT molecular complexity index is 188. The molecule has 0 spiro atoms. The fourth-order valence-corrected chi connectivity index (χ4v) is 1.65. The molecule has 1 saturated heterocycles. The standard InChI is InChI=1S/C10H20NO3/c1-11(5-8-14-9-6-11)10(13)4-2-3-7-12/h12H,2-9H2,1H3/q+1. The molecular formula is C10H20NO3+. The second kappa shape index (κ2) is 5.44. The van der Waals surface area contributed by atoms with E-state index in [0.29, 0.717) is 24.1 Å². The number of hydrogen-bond donors (Lipinski definition) is 1. The lowest BCUT2D eigenvalue weighted by Gasteiger charge is -2.34. The van der Waals surface area contributed by atoms with Gasteiger partial charge in [-0.15, -0.1) is 0 Å². The van der Waals surface area contributed by atoms with Crippen LogP contribution in [-0.2, 0) is 9.53 Å². The van der Waals surface area contributed by atoms with Crippen molar-refractivity contribution < 1.29 is 19.1 Å². The van der Waals surface area contributed by atoms with Gasteiger partial charge in [0, 0.05) is 6.61 Å². The van der Waals surface area contributed by atoms with Gasteiger partial charge in [0.25, 0.3) is 0 Å². The second-order valence-corrected chi connectivity index (χ2v) is 4.03. The quantitative estimate of drug-likeness (QED) is 0.521. The highest BCUT2D eigenvalue weighted by molar-refractivity contribution is 5.68. The van der Waals surface area contributed by atoms with Crippen LogP contribution in [0.2, 0.25) is 0 Å². The molecule has 0 aromatic heterocycles. The number of amides is 1. The van der Waals surface area contributed by atoms with Crippen molar-refractivity contribution in [2.24, 2.45) is 0 Å². The third-order valence-electron chi connectivity index (χ3n) is 2.86. The first kappa shape index (κ1) is 11.6. The molecule has 0 saturated carbocycles. The fourth-order valence-electron chi connectivity index (χ4n) is 1.65. The third-order valence-corrected chi connectivity index (χ3v) is 2.86. The van der Waals surface area contributed by atoms with Crippen molar-refractivity contribution in [3.05, 3.63) is 0 Å². The number of aliphatic hydroxyl groups is 1. The van der Waals surface area contributed by atoms with Crippen LogP contribution in [0.25, 0.3) is 0 Å². The van der Waals surface area contributed by atoms with Crippen LogP contribution in [0.4, 0.5) is 0 Å². The van der Waals surface area contributed by atoms with Crippen LogP contribution in [0.1, 0.15) is 19.3 Å². The molecule has 1 N–H and O–H groups in total. The Morgan fingerprint density at radius 3 is 2.57 bits per heavy atom. The van der Waals surface area contributed by atoms with E-state index in [4.69, 9.17) is 9.84 Å². The molecule has 0 aliphatic carbocycles. The molecule has 1 fully saturated rings. The summed E-state index contributed by atoms with van der Waals surface area (Å²) >= 11 is 0. The van der Waals surface area contributed by atoms with E-state index in [2.05, 4.69) is 0 Å². The molecule has 14 heavy (non-hydrogen) atoms. The average molecular weight is 202 g/mol. The van der Waals surface area contributed by atoms with Crippen LogP contribution < -0.4 is 0 Å². The number of carbonyl (C=O) groups excluding carboxylic acids is 1.